The molecule has 0 bridgehead atoms. The smallest absolute Gasteiger partial charge is 0.340 e. The number of hydrogen-bond acceptors (Lipinski definition) is 5. The number of methoxy groups -OCH3 is 1. The summed E-state index contributed by atoms with van der Waals surface area (Å²) in [6, 6.07) is 5.50. The van der Waals surface area contributed by atoms with Gasteiger partial charge < -0.3 is 20.7 Å². The van der Waals surface area contributed by atoms with Crippen LogP contribution in [-0.2, 0) is 4.74 Å². The number of anilines is 2. The van der Waals surface area contributed by atoms with E-state index in [1.54, 1.807) is 18.2 Å². The number of benzene rings is 1. The van der Waals surface area contributed by atoms with Gasteiger partial charge in [-0.25, -0.2) is 4.79 Å². The molecule has 1 heterocycles. The van der Waals surface area contributed by atoms with Crippen molar-refractivity contribution in [2.24, 2.45) is 0 Å². The Morgan fingerprint density at radius 3 is 2.80 bits per heavy atom. The largest absolute Gasteiger partial charge is 0.465 e. The van der Waals surface area contributed by atoms with Gasteiger partial charge in [-0.05, 0) is 45.0 Å². The van der Waals surface area contributed by atoms with Crippen LogP contribution >= 0.6 is 0 Å². The molecule has 110 valence electrons. The van der Waals surface area contributed by atoms with Gasteiger partial charge in [-0.2, -0.15) is 0 Å². The van der Waals surface area contributed by atoms with Gasteiger partial charge in [0, 0.05) is 12.6 Å². The Labute approximate surface area is 120 Å². The molecular weight excluding hydrogens is 254 g/mol. The van der Waals surface area contributed by atoms with E-state index in [0.29, 0.717) is 16.9 Å². The van der Waals surface area contributed by atoms with Crippen LogP contribution in [0.4, 0.5) is 11.4 Å². The highest BCUT2D eigenvalue weighted by Gasteiger charge is 2.18. The molecule has 1 atom stereocenters. The minimum atomic E-state index is -0.367. The number of hydrogen-bond donors (Lipinski definition) is 2. The van der Waals surface area contributed by atoms with Gasteiger partial charge in [0.25, 0.3) is 0 Å². The zero-order valence-electron chi connectivity index (χ0n) is 12.2. The molecular formula is C15H23N3O2. The molecule has 0 aliphatic carbocycles. The highest BCUT2D eigenvalue weighted by Crippen LogP contribution is 2.25. The third-order valence-corrected chi connectivity index (χ3v) is 3.62. The summed E-state index contributed by atoms with van der Waals surface area (Å²) in [5.41, 5.74) is 7.72. The minimum absolute atomic E-state index is 0.223. The van der Waals surface area contributed by atoms with E-state index in [1.165, 1.54) is 20.0 Å². The van der Waals surface area contributed by atoms with Crippen molar-refractivity contribution in [3.63, 3.8) is 0 Å². The van der Waals surface area contributed by atoms with Crippen molar-refractivity contribution < 1.29 is 9.53 Å². The highest BCUT2D eigenvalue weighted by atomic mass is 16.5. The number of rotatable bonds is 5. The SMILES string of the molecule is COC(=O)c1cccc(N)c1NC(C)CN1CCCC1. The summed E-state index contributed by atoms with van der Waals surface area (Å²) in [4.78, 5) is 14.2. The summed E-state index contributed by atoms with van der Waals surface area (Å²) in [5, 5.41) is 3.35. The molecule has 2 rings (SSSR count). The molecule has 0 radical (unpaired) electrons. The average Bonchev–Trinajstić information content (AvgIpc) is 2.93. The van der Waals surface area contributed by atoms with Crippen LogP contribution in [0, 0.1) is 0 Å². The monoisotopic (exact) mass is 277 g/mol. The van der Waals surface area contributed by atoms with Crippen LogP contribution in [0.3, 0.4) is 0 Å². The van der Waals surface area contributed by atoms with Gasteiger partial charge in [-0.15, -0.1) is 0 Å². The fourth-order valence-corrected chi connectivity index (χ4v) is 2.66. The average molecular weight is 277 g/mol. The van der Waals surface area contributed by atoms with E-state index in [9.17, 15) is 4.79 Å². The van der Waals surface area contributed by atoms with E-state index >= 15 is 0 Å². The van der Waals surface area contributed by atoms with Crippen LogP contribution in [0.5, 0.6) is 0 Å². The molecule has 0 spiro atoms. The maximum atomic E-state index is 11.8. The number of ether oxygens (including phenoxy) is 1. The van der Waals surface area contributed by atoms with Gasteiger partial charge in [0.05, 0.1) is 24.0 Å². The van der Waals surface area contributed by atoms with Crippen molar-refractivity contribution in [1.29, 1.82) is 0 Å². The van der Waals surface area contributed by atoms with Crippen LogP contribution in [0.1, 0.15) is 30.1 Å². The number of nitrogens with two attached hydrogens (primary N) is 1. The predicted molar refractivity (Wildman–Crippen MR) is 81.0 cm³/mol. The molecule has 1 aromatic carbocycles. The topological polar surface area (TPSA) is 67.6 Å². The van der Waals surface area contributed by atoms with Crippen molar-refractivity contribution in [2.75, 3.05) is 37.8 Å². The van der Waals surface area contributed by atoms with Crippen molar-refractivity contribution in [1.82, 2.24) is 4.90 Å². The van der Waals surface area contributed by atoms with E-state index in [0.717, 1.165) is 19.6 Å². The predicted octanol–water partition coefficient (Wildman–Crippen LogP) is 1.95. The van der Waals surface area contributed by atoms with Crippen LogP contribution in [-0.4, -0.2) is 43.7 Å². The molecule has 0 amide bonds. The zero-order valence-corrected chi connectivity index (χ0v) is 12.2. The number of para-hydroxylation sites is 1. The second kappa shape index (κ2) is 6.61. The van der Waals surface area contributed by atoms with E-state index in [1.807, 2.05) is 0 Å². The van der Waals surface area contributed by atoms with Crippen molar-refractivity contribution in [3.05, 3.63) is 23.8 Å². The fraction of sp³-hybridized carbons (Fsp3) is 0.533. The lowest BCUT2D eigenvalue weighted by atomic mass is 10.1. The third-order valence-electron chi connectivity index (χ3n) is 3.62. The fourth-order valence-electron chi connectivity index (χ4n) is 2.66. The van der Waals surface area contributed by atoms with Crippen molar-refractivity contribution in [2.45, 2.75) is 25.8 Å². The maximum Gasteiger partial charge on any atom is 0.340 e. The van der Waals surface area contributed by atoms with E-state index in [4.69, 9.17) is 10.5 Å². The maximum absolute atomic E-state index is 11.8. The first-order valence-corrected chi connectivity index (χ1v) is 7.07. The molecule has 1 aromatic rings. The Hall–Kier alpha value is -1.75. The van der Waals surface area contributed by atoms with Gasteiger partial charge >= 0.3 is 5.97 Å². The molecule has 5 heteroatoms. The van der Waals surface area contributed by atoms with Crippen LogP contribution < -0.4 is 11.1 Å². The molecule has 1 saturated heterocycles. The summed E-state index contributed by atoms with van der Waals surface area (Å²) in [5.74, 6) is -0.367. The second-order valence-electron chi connectivity index (χ2n) is 5.31. The lowest BCUT2D eigenvalue weighted by molar-refractivity contribution is 0.0602. The van der Waals surface area contributed by atoms with Gasteiger partial charge in [-0.1, -0.05) is 6.07 Å². The zero-order chi connectivity index (χ0) is 14.5. The standard InChI is InChI=1S/C15H23N3O2/c1-11(10-18-8-3-4-9-18)17-14-12(15(19)20-2)6-5-7-13(14)16/h5-7,11,17H,3-4,8-10,16H2,1-2H3. The van der Waals surface area contributed by atoms with E-state index < -0.39 is 0 Å². The third kappa shape index (κ3) is 3.42. The second-order valence-corrected chi connectivity index (χ2v) is 5.31. The Balaban J connectivity index is 2.08. The number of esters is 1. The number of likely N-dealkylation sites (tertiary alicyclic amines) is 1. The lowest BCUT2D eigenvalue weighted by Gasteiger charge is -2.23. The van der Waals surface area contributed by atoms with Crippen LogP contribution in [0.25, 0.3) is 0 Å². The molecule has 3 N–H and O–H groups in total. The molecule has 5 nitrogen and oxygen atoms in total. The number of carbonyl (C=O) groups is 1. The van der Waals surface area contributed by atoms with Crippen LogP contribution in [0.2, 0.25) is 0 Å². The summed E-state index contributed by atoms with van der Waals surface area (Å²) in [6.07, 6.45) is 2.54. The number of nitrogen functional groups attached to an aromatic ring is 1. The van der Waals surface area contributed by atoms with Crippen molar-refractivity contribution in [3.8, 4) is 0 Å². The Morgan fingerprint density at radius 2 is 2.15 bits per heavy atom. The summed E-state index contributed by atoms with van der Waals surface area (Å²) in [7, 11) is 1.38. The first-order valence-electron chi connectivity index (χ1n) is 7.07. The quantitative estimate of drug-likeness (QED) is 0.636. The lowest BCUT2D eigenvalue weighted by Crippen LogP contribution is -2.33. The van der Waals surface area contributed by atoms with Gasteiger partial charge in [0.1, 0.15) is 0 Å². The normalized spacial score (nSPS) is 16.9. The minimum Gasteiger partial charge on any atom is -0.465 e. The summed E-state index contributed by atoms with van der Waals surface area (Å²) in [6.45, 7) is 5.36. The number of nitrogens with one attached hydrogen (secondary N) is 1. The van der Waals surface area contributed by atoms with Crippen LogP contribution in [0.15, 0.2) is 18.2 Å². The summed E-state index contributed by atoms with van der Waals surface area (Å²) >= 11 is 0. The first-order chi connectivity index (χ1) is 9.61. The Morgan fingerprint density at radius 1 is 1.45 bits per heavy atom. The molecule has 1 unspecified atom stereocenters. The number of carbonyl (C=O) groups excluding carboxylic acids is 1. The summed E-state index contributed by atoms with van der Waals surface area (Å²) < 4.78 is 4.80. The Kier molecular flexibility index (Phi) is 4.84. The van der Waals surface area contributed by atoms with E-state index in [-0.39, 0.29) is 12.0 Å². The first kappa shape index (κ1) is 14.7. The van der Waals surface area contributed by atoms with E-state index in [2.05, 4.69) is 17.1 Å². The highest BCUT2D eigenvalue weighted by molar-refractivity contribution is 5.98. The van der Waals surface area contributed by atoms with Gasteiger partial charge in [0.15, 0.2) is 0 Å². The Bertz CT molecular complexity index is 470. The molecule has 1 aliphatic heterocycles. The van der Waals surface area contributed by atoms with Gasteiger partial charge in [-0.3, -0.25) is 0 Å². The molecule has 1 fully saturated rings. The number of nitrogens with zero attached hydrogens (tertiary/aromatic N) is 1. The van der Waals surface area contributed by atoms with Crippen molar-refractivity contribution >= 4 is 17.3 Å². The molecule has 0 aromatic heterocycles. The molecule has 1 aliphatic rings. The molecule has 0 saturated carbocycles. The molecule has 20 heavy (non-hydrogen) atoms. The van der Waals surface area contributed by atoms with Gasteiger partial charge in [0.2, 0.25) is 0 Å².